The molecule has 0 atom stereocenters. The maximum Gasteiger partial charge on any atom is 0.341 e. The summed E-state index contributed by atoms with van der Waals surface area (Å²) in [6.45, 7) is 5.92. The Kier molecular flexibility index (Phi) is 5.68. The maximum atomic E-state index is 12.2. The molecule has 2 aromatic rings. The molecule has 0 heterocycles. The van der Waals surface area contributed by atoms with Crippen LogP contribution in [-0.4, -0.2) is 18.4 Å². The summed E-state index contributed by atoms with van der Waals surface area (Å²) in [5.74, 6) is -1.00. The van der Waals surface area contributed by atoms with Gasteiger partial charge in [0.2, 0.25) is 0 Å². The topological polar surface area (TPSA) is 43.4 Å². The molecule has 24 heavy (non-hydrogen) atoms. The first-order valence-electron chi connectivity index (χ1n) is 7.45. The van der Waals surface area contributed by atoms with Crippen LogP contribution in [0.15, 0.2) is 42.5 Å². The van der Waals surface area contributed by atoms with E-state index in [1.165, 1.54) is 12.1 Å². The number of ketones is 1. The lowest BCUT2D eigenvalue weighted by Gasteiger charge is -2.19. The fourth-order valence-electron chi connectivity index (χ4n) is 2.14. The highest BCUT2D eigenvalue weighted by atomic mass is 35.5. The van der Waals surface area contributed by atoms with Crippen molar-refractivity contribution < 1.29 is 14.3 Å². The minimum absolute atomic E-state index is 0.00878. The minimum Gasteiger partial charge on any atom is -0.454 e. The van der Waals surface area contributed by atoms with Gasteiger partial charge < -0.3 is 4.74 Å². The van der Waals surface area contributed by atoms with Crippen LogP contribution < -0.4 is 0 Å². The van der Waals surface area contributed by atoms with Gasteiger partial charge in [-0.3, -0.25) is 4.79 Å². The van der Waals surface area contributed by atoms with Crippen LogP contribution in [0.5, 0.6) is 0 Å². The van der Waals surface area contributed by atoms with E-state index in [1.807, 2.05) is 12.1 Å². The molecule has 2 rings (SSSR count). The van der Waals surface area contributed by atoms with E-state index in [1.54, 1.807) is 18.2 Å². The number of ether oxygens (including phenoxy) is 1. The fraction of sp³-hybridized carbons (Fsp3) is 0.263. The molecular weight excluding hydrogens is 347 g/mol. The summed E-state index contributed by atoms with van der Waals surface area (Å²) in [7, 11) is 0. The first-order chi connectivity index (χ1) is 11.2. The summed E-state index contributed by atoms with van der Waals surface area (Å²) in [4.78, 5) is 24.2. The van der Waals surface area contributed by atoms with Gasteiger partial charge in [0.15, 0.2) is 12.4 Å². The lowest BCUT2D eigenvalue weighted by Crippen LogP contribution is -2.16. The van der Waals surface area contributed by atoms with Gasteiger partial charge in [-0.1, -0.05) is 74.3 Å². The standard InChI is InChI=1S/C19H18Cl2O3/c1-19(2,3)13-9-7-12(8-10-13)16(22)11-24-18(23)17-14(20)5-4-6-15(17)21/h4-10H,11H2,1-3H3. The predicted octanol–water partition coefficient (Wildman–Crippen LogP) is 5.33. The molecule has 0 aliphatic rings. The van der Waals surface area contributed by atoms with Crippen molar-refractivity contribution >= 4 is 35.0 Å². The summed E-state index contributed by atoms with van der Waals surface area (Å²) >= 11 is 11.9. The third-order valence-corrected chi connectivity index (χ3v) is 4.20. The predicted molar refractivity (Wildman–Crippen MR) is 96.2 cm³/mol. The molecule has 0 aliphatic carbocycles. The highest BCUT2D eigenvalue weighted by Crippen LogP contribution is 2.25. The zero-order valence-electron chi connectivity index (χ0n) is 13.7. The zero-order valence-corrected chi connectivity index (χ0v) is 15.2. The summed E-state index contributed by atoms with van der Waals surface area (Å²) in [5.41, 5.74) is 1.69. The molecule has 0 aromatic heterocycles. The third kappa shape index (κ3) is 4.37. The molecule has 0 unspecified atom stereocenters. The number of hydrogen-bond donors (Lipinski definition) is 0. The molecule has 0 aliphatic heterocycles. The minimum atomic E-state index is -0.717. The Morgan fingerprint density at radius 3 is 2.00 bits per heavy atom. The van der Waals surface area contributed by atoms with E-state index >= 15 is 0 Å². The molecular formula is C19H18Cl2O3. The van der Waals surface area contributed by atoms with E-state index < -0.39 is 5.97 Å². The first-order valence-corrected chi connectivity index (χ1v) is 8.20. The number of benzene rings is 2. The first kappa shape index (κ1) is 18.5. The second-order valence-corrected chi connectivity index (χ2v) is 7.24. The molecule has 0 radical (unpaired) electrons. The van der Waals surface area contributed by atoms with Crippen LogP contribution in [0.25, 0.3) is 0 Å². The average molecular weight is 365 g/mol. The highest BCUT2D eigenvalue weighted by Gasteiger charge is 2.18. The largest absolute Gasteiger partial charge is 0.454 e. The number of carbonyl (C=O) groups is 2. The van der Waals surface area contributed by atoms with Crippen LogP contribution in [0.4, 0.5) is 0 Å². The van der Waals surface area contributed by atoms with Crippen LogP contribution in [-0.2, 0) is 10.2 Å². The molecule has 0 saturated carbocycles. The van der Waals surface area contributed by atoms with E-state index in [0.717, 1.165) is 5.56 Å². The summed E-state index contributed by atoms with van der Waals surface area (Å²) in [6.07, 6.45) is 0. The smallest absolute Gasteiger partial charge is 0.341 e. The Hall–Kier alpha value is -1.84. The normalized spacial score (nSPS) is 11.2. The van der Waals surface area contributed by atoms with Gasteiger partial charge in [-0.05, 0) is 23.1 Å². The number of carbonyl (C=O) groups excluding carboxylic acids is 2. The average Bonchev–Trinajstić information content (AvgIpc) is 2.51. The summed E-state index contributed by atoms with van der Waals surface area (Å²) in [6, 6.07) is 12.0. The van der Waals surface area contributed by atoms with E-state index in [2.05, 4.69) is 20.8 Å². The monoisotopic (exact) mass is 364 g/mol. The van der Waals surface area contributed by atoms with Crippen LogP contribution >= 0.6 is 23.2 Å². The summed E-state index contributed by atoms with van der Waals surface area (Å²) in [5, 5.41) is 0.379. The van der Waals surface area contributed by atoms with Crippen molar-refractivity contribution in [3.8, 4) is 0 Å². The van der Waals surface area contributed by atoms with Gasteiger partial charge in [0.1, 0.15) is 0 Å². The Balaban J connectivity index is 2.04. The van der Waals surface area contributed by atoms with Crippen molar-refractivity contribution in [2.75, 3.05) is 6.61 Å². The Morgan fingerprint density at radius 1 is 0.958 bits per heavy atom. The quantitative estimate of drug-likeness (QED) is 0.543. The van der Waals surface area contributed by atoms with E-state index in [4.69, 9.17) is 27.9 Å². The van der Waals surface area contributed by atoms with E-state index in [0.29, 0.717) is 5.56 Å². The number of Topliss-reactive ketones (excluding diaryl/α,β-unsaturated/α-hetero) is 1. The zero-order chi connectivity index (χ0) is 17.9. The molecule has 0 spiro atoms. The molecule has 0 N–H and O–H groups in total. The lowest BCUT2D eigenvalue weighted by atomic mass is 9.86. The second kappa shape index (κ2) is 7.37. The molecule has 2 aromatic carbocycles. The van der Waals surface area contributed by atoms with Crippen LogP contribution in [0.3, 0.4) is 0 Å². The molecule has 0 fully saturated rings. The van der Waals surface area contributed by atoms with Gasteiger partial charge in [-0.25, -0.2) is 4.79 Å². The van der Waals surface area contributed by atoms with Gasteiger partial charge in [0.05, 0.1) is 15.6 Å². The van der Waals surface area contributed by atoms with Crippen molar-refractivity contribution in [2.24, 2.45) is 0 Å². The third-order valence-electron chi connectivity index (χ3n) is 3.57. The van der Waals surface area contributed by atoms with Gasteiger partial charge >= 0.3 is 5.97 Å². The van der Waals surface area contributed by atoms with Crippen molar-refractivity contribution in [3.05, 3.63) is 69.2 Å². The van der Waals surface area contributed by atoms with Gasteiger partial charge in [-0.2, -0.15) is 0 Å². The van der Waals surface area contributed by atoms with Crippen molar-refractivity contribution in [2.45, 2.75) is 26.2 Å². The van der Waals surface area contributed by atoms with Crippen LogP contribution in [0.2, 0.25) is 10.0 Å². The Morgan fingerprint density at radius 2 is 1.50 bits per heavy atom. The Labute approximate surface area is 151 Å². The SMILES string of the molecule is CC(C)(C)c1ccc(C(=O)COC(=O)c2c(Cl)cccc2Cl)cc1. The molecule has 3 nitrogen and oxygen atoms in total. The Bertz CT molecular complexity index is 739. The molecule has 126 valence electrons. The van der Waals surface area contributed by atoms with Gasteiger partial charge in [-0.15, -0.1) is 0 Å². The van der Waals surface area contributed by atoms with Crippen LogP contribution in [0.1, 0.15) is 47.1 Å². The maximum absolute atomic E-state index is 12.2. The summed E-state index contributed by atoms with van der Waals surface area (Å²) < 4.78 is 5.05. The number of hydrogen-bond acceptors (Lipinski definition) is 3. The lowest BCUT2D eigenvalue weighted by molar-refractivity contribution is 0.0475. The van der Waals surface area contributed by atoms with Gasteiger partial charge in [0, 0.05) is 5.56 Å². The molecule has 0 amide bonds. The van der Waals surface area contributed by atoms with Gasteiger partial charge in [0.25, 0.3) is 0 Å². The molecule has 0 saturated heterocycles. The fourth-order valence-corrected chi connectivity index (χ4v) is 2.69. The molecule has 5 heteroatoms. The number of halogens is 2. The van der Waals surface area contributed by atoms with Crippen molar-refractivity contribution in [3.63, 3.8) is 0 Å². The van der Waals surface area contributed by atoms with Crippen molar-refractivity contribution in [1.29, 1.82) is 0 Å². The number of rotatable bonds is 4. The van der Waals surface area contributed by atoms with Crippen molar-refractivity contribution in [1.82, 2.24) is 0 Å². The van der Waals surface area contributed by atoms with E-state index in [-0.39, 0.29) is 33.4 Å². The highest BCUT2D eigenvalue weighted by molar-refractivity contribution is 6.39. The van der Waals surface area contributed by atoms with E-state index in [9.17, 15) is 9.59 Å². The number of esters is 1. The second-order valence-electron chi connectivity index (χ2n) is 6.42. The van der Waals surface area contributed by atoms with Crippen LogP contribution in [0, 0.1) is 0 Å². The molecule has 0 bridgehead atoms.